The number of rotatable bonds is 7. The first-order valence-corrected chi connectivity index (χ1v) is 8.27. The van der Waals surface area contributed by atoms with Gasteiger partial charge in [0.05, 0.1) is 5.60 Å². The molecule has 0 radical (unpaired) electrons. The summed E-state index contributed by atoms with van der Waals surface area (Å²) in [7, 11) is 0. The van der Waals surface area contributed by atoms with E-state index in [1.54, 1.807) is 11.8 Å². The number of nitrogens with one attached hydrogen (secondary N) is 2. The summed E-state index contributed by atoms with van der Waals surface area (Å²) in [5.41, 5.74) is 1.17. The minimum Gasteiger partial charge on any atom is -0.388 e. The molecule has 0 spiro atoms. The molecule has 0 saturated heterocycles. The van der Waals surface area contributed by atoms with E-state index in [-0.39, 0.29) is 12.6 Å². The molecule has 0 saturated carbocycles. The molecule has 5 heteroatoms. The lowest BCUT2D eigenvalue weighted by Gasteiger charge is -2.25. The van der Waals surface area contributed by atoms with Crippen molar-refractivity contribution in [1.29, 1.82) is 0 Å². The van der Waals surface area contributed by atoms with Crippen molar-refractivity contribution < 1.29 is 9.90 Å². The molecule has 0 aliphatic heterocycles. The van der Waals surface area contributed by atoms with Gasteiger partial charge in [0.2, 0.25) is 0 Å². The maximum absolute atomic E-state index is 11.8. The molecule has 0 unspecified atom stereocenters. The Bertz CT molecular complexity index is 416. The quantitative estimate of drug-likeness (QED) is 0.724. The second kappa shape index (κ2) is 8.17. The third-order valence-corrected chi connectivity index (χ3v) is 4.04. The van der Waals surface area contributed by atoms with Crippen LogP contribution in [0, 0.1) is 0 Å². The van der Waals surface area contributed by atoms with Crippen LogP contribution in [-0.2, 0) is 5.75 Å². The fourth-order valence-electron chi connectivity index (χ4n) is 1.77. The number of hydrogen-bond donors (Lipinski definition) is 3. The van der Waals surface area contributed by atoms with Crippen LogP contribution in [-0.4, -0.2) is 29.5 Å². The minimum absolute atomic E-state index is 0.260. The molecule has 0 aromatic heterocycles. The first-order chi connectivity index (χ1) is 9.53. The molecule has 0 fully saturated rings. The molecule has 1 rings (SSSR count). The van der Waals surface area contributed by atoms with Crippen molar-refractivity contribution >= 4 is 23.5 Å². The summed E-state index contributed by atoms with van der Waals surface area (Å²) in [6, 6.07) is 7.48. The van der Waals surface area contributed by atoms with Gasteiger partial charge in [-0.15, -0.1) is 0 Å². The predicted molar refractivity (Wildman–Crippen MR) is 86.2 cm³/mol. The molecule has 0 bridgehead atoms. The van der Waals surface area contributed by atoms with E-state index in [0.29, 0.717) is 12.8 Å². The van der Waals surface area contributed by atoms with Crippen molar-refractivity contribution in [3.63, 3.8) is 0 Å². The Hall–Kier alpha value is -1.20. The number of thioether (sulfide) groups is 1. The van der Waals surface area contributed by atoms with Crippen LogP contribution >= 0.6 is 11.8 Å². The first kappa shape index (κ1) is 16.9. The van der Waals surface area contributed by atoms with E-state index in [1.807, 2.05) is 38.1 Å². The lowest BCUT2D eigenvalue weighted by molar-refractivity contribution is 0.0354. The Balaban J connectivity index is 2.46. The molecule has 0 aliphatic rings. The third-order valence-electron chi connectivity index (χ3n) is 3.42. The fourth-order valence-corrected chi connectivity index (χ4v) is 2.30. The highest BCUT2D eigenvalue weighted by Crippen LogP contribution is 2.14. The zero-order valence-corrected chi connectivity index (χ0v) is 13.2. The topological polar surface area (TPSA) is 61.4 Å². The van der Waals surface area contributed by atoms with E-state index < -0.39 is 5.60 Å². The van der Waals surface area contributed by atoms with Crippen molar-refractivity contribution in [3.8, 4) is 0 Å². The van der Waals surface area contributed by atoms with Crippen LogP contribution < -0.4 is 10.6 Å². The molecule has 3 N–H and O–H groups in total. The Morgan fingerprint density at radius 1 is 1.25 bits per heavy atom. The van der Waals surface area contributed by atoms with Crippen LogP contribution in [0.1, 0.15) is 32.3 Å². The third kappa shape index (κ3) is 5.43. The summed E-state index contributed by atoms with van der Waals surface area (Å²) in [6.45, 7) is 4.08. The highest BCUT2D eigenvalue weighted by molar-refractivity contribution is 7.97. The molecule has 2 amide bonds. The molecule has 0 atom stereocenters. The van der Waals surface area contributed by atoms with E-state index in [2.05, 4.69) is 16.9 Å². The predicted octanol–water partition coefficient (Wildman–Crippen LogP) is 3.22. The van der Waals surface area contributed by atoms with Crippen molar-refractivity contribution in [3.05, 3.63) is 29.8 Å². The maximum atomic E-state index is 11.8. The zero-order valence-electron chi connectivity index (χ0n) is 12.4. The molecule has 4 nitrogen and oxygen atoms in total. The summed E-state index contributed by atoms with van der Waals surface area (Å²) >= 11 is 1.76. The van der Waals surface area contributed by atoms with Gasteiger partial charge in [0.25, 0.3) is 0 Å². The Morgan fingerprint density at radius 2 is 1.85 bits per heavy atom. The van der Waals surface area contributed by atoms with Gasteiger partial charge in [-0.1, -0.05) is 26.0 Å². The summed E-state index contributed by atoms with van der Waals surface area (Å²) < 4.78 is 0. The Kier molecular flexibility index (Phi) is 6.88. The molecule has 112 valence electrons. The lowest BCUT2D eigenvalue weighted by Crippen LogP contribution is -2.43. The summed E-state index contributed by atoms with van der Waals surface area (Å²) in [5, 5.41) is 15.6. The van der Waals surface area contributed by atoms with Crippen molar-refractivity contribution in [2.75, 3.05) is 18.1 Å². The van der Waals surface area contributed by atoms with E-state index in [0.717, 1.165) is 11.4 Å². The number of carbonyl (C=O) groups is 1. The molecule has 1 aromatic carbocycles. The number of hydrogen-bond acceptors (Lipinski definition) is 3. The molecule has 20 heavy (non-hydrogen) atoms. The Labute approximate surface area is 125 Å². The van der Waals surface area contributed by atoms with Gasteiger partial charge in [0.1, 0.15) is 0 Å². The van der Waals surface area contributed by atoms with Gasteiger partial charge in [-0.2, -0.15) is 11.8 Å². The first-order valence-electron chi connectivity index (χ1n) is 6.88. The van der Waals surface area contributed by atoms with Crippen LogP contribution in [0.3, 0.4) is 0 Å². The van der Waals surface area contributed by atoms with E-state index in [1.165, 1.54) is 5.56 Å². The molecular weight excluding hydrogens is 272 g/mol. The SMILES string of the molecule is CCC(O)(CC)CNC(=O)Nc1ccc(CSC)cc1. The van der Waals surface area contributed by atoms with Crippen LogP contribution in [0.5, 0.6) is 0 Å². The number of amides is 2. The molecule has 0 aliphatic carbocycles. The number of carbonyl (C=O) groups excluding carboxylic acids is 1. The number of anilines is 1. The van der Waals surface area contributed by atoms with Gasteiger partial charge in [-0.05, 0) is 36.8 Å². The maximum Gasteiger partial charge on any atom is 0.319 e. The monoisotopic (exact) mass is 296 g/mol. The number of urea groups is 1. The normalized spacial score (nSPS) is 11.2. The molecular formula is C15H24N2O2S. The van der Waals surface area contributed by atoms with Crippen LogP contribution in [0.4, 0.5) is 10.5 Å². The van der Waals surface area contributed by atoms with Gasteiger partial charge in [0, 0.05) is 18.0 Å². The van der Waals surface area contributed by atoms with Crippen molar-refractivity contribution in [2.45, 2.75) is 38.0 Å². The highest BCUT2D eigenvalue weighted by atomic mass is 32.2. The average molecular weight is 296 g/mol. The van der Waals surface area contributed by atoms with E-state index >= 15 is 0 Å². The van der Waals surface area contributed by atoms with Gasteiger partial charge < -0.3 is 15.7 Å². The lowest BCUT2D eigenvalue weighted by atomic mass is 9.98. The summed E-state index contributed by atoms with van der Waals surface area (Å²) in [5.74, 6) is 0.965. The fraction of sp³-hybridized carbons (Fsp3) is 0.533. The smallest absolute Gasteiger partial charge is 0.319 e. The minimum atomic E-state index is -0.820. The second-order valence-corrected chi connectivity index (χ2v) is 5.74. The van der Waals surface area contributed by atoms with Crippen molar-refractivity contribution in [2.24, 2.45) is 0 Å². The average Bonchev–Trinajstić information content (AvgIpc) is 2.47. The molecule has 0 heterocycles. The van der Waals surface area contributed by atoms with Gasteiger partial charge in [-0.25, -0.2) is 4.79 Å². The van der Waals surface area contributed by atoms with Gasteiger partial charge in [0.15, 0.2) is 0 Å². The van der Waals surface area contributed by atoms with Crippen LogP contribution in [0.15, 0.2) is 24.3 Å². The van der Waals surface area contributed by atoms with Crippen LogP contribution in [0.2, 0.25) is 0 Å². The number of benzene rings is 1. The van der Waals surface area contributed by atoms with Crippen LogP contribution in [0.25, 0.3) is 0 Å². The number of aliphatic hydroxyl groups is 1. The second-order valence-electron chi connectivity index (χ2n) is 4.87. The molecule has 1 aromatic rings. The van der Waals surface area contributed by atoms with Crippen molar-refractivity contribution in [1.82, 2.24) is 5.32 Å². The zero-order chi connectivity index (χ0) is 15.0. The summed E-state index contributed by atoms with van der Waals surface area (Å²) in [4.78, 5) is 11.8. The van der Waals surface area contributed by atoms with E-state index in [4.69, 9.17) is 0 Å². The standard InChI is InChI=1S/C15H24N2O2S/c1-4-15(19,5-2)11-16-14(18)17-13-8-6-12(7-9-13)10-20-3/h6-9,19H,4-5,10-11H2,1-3H3,(H2,16,17,18). The van der Waals surface area contributed by atoms with E-state index in [9.17, 15) is 9.90 Å². The highest BCUT2D eigenvalue weighted by Gasteiger charge is 2.22. The van der Waals surface area contributed by atoms with Gasteiger partial charge >= 0.3 is 6.03 Å². The largest absolute Gasteiger partial charge is 0.388 e. The van der Waals surface area contributed by atoms with Gasteiger partial charge in [-0.3, -0.25) is 0 Å². The Morgan fingerprint density at radius 3 is 2.35 bits per heavy atom. The summed E-state index contributed by atoms with van der Waals surface area (Å²) in [6.07, 6.45) is 3.29.